The van der Waals surface area contributed by atoms with Gasteiger partial charge in [-0.1, -0.05) is 54.6 Å². The molecule has 32 heavy (non-hydrogen) atoms. The van der Waals surface area contributed by atoms with E-state index in [2.05, 4.69) is 46.9 Å². The second-order valence-electron chi connectivity index (χ2n) is 8.11. The standard InChI is InChI=1S/C24H19F.C5H4O2/c25-18-12-9-17(10-13-18)23-15-24-19-6-2-1-5-16(19)11-14-22(24)20-7-3-4-8-21(20)23;6-5-3-1-2-4-7-5/h3-4,7-15H,1-2,5-6H2;1-4H. The zero-order valence-electron chi connectivity index (χ0n) is 17.7. The molecule has 0 atom stereocenters. The van der Waals surface area contributed by atoms with Gasteiger partial charge in [0.25, 0.3) is 0 Å². The second-order valence-corrected chi connectivity index (χ2v) is 8.11. The van der Waals surface area contributed by atoms with Crippen molar-refractivity contribution in [2.24, 2.45) is 0 Å². The zero-order valence-corrected chi connectivity index (χ0v) is 17.7. The number of hydrogen-bond donors (Lipinski definition) is 0. The highest BCUT2D eigenvalue weighted by Gasteiger charge is 2.16. The Kier molecular flexibility index (Phi) is 5.55. The minimum Gasteiger partial charge on any atom is -0.431 e. The zero-order chi connectivity index (χ0) is 21.9. The van der Waals surface area contributed by atoms with Crippen molar-refractivity contribution in [2.75, 3.05) is 0 Å². The molecule has 1 heterocycles. The van der Waals surface area contributed by atoms with Crippen LogP contribution in [0.1, 0.15) is 24.0 Å². The Morgan fingerprint density at radius 2 is 1.41 bits per heavy atom. The van der Waals surface area contributed by atoms with Crippen molar-refractivity contribution in [1.82, 2.24) is 0 Å². The van der Waals surface area contributed by atoms with Crippen LogP contribution in [0.15, 0.2) is 100 Å². The van der Waals surface area contributed by atoms with Crippen LogP contribution in [0.5, 0.6) is 0 Å². The van der Waals surface area contributed by atoms with E-state index >= 15 is 0 Å². The maximum absolute atomic E-state index is 13.4. The lowest BCUT2D eigenvalue weighted by Crippen LogP contribution is -2.03. The topological polar surface area (TPSA) is 30.2 Å². The number of halogens is 1. The summed E-state index contributed by atoms with van der Waals surface area (Å²) in [5, 5.41) is 5.22. The van der Waals surface area contributed by atoms with E-state index in [1.165, 1.54) is 69.8 Å². The first-order valence-corrected chi connectivity index (χ1v) is 11.0. The van der Waals surface area contributed by atoms with Crippen molar-refractivity contribution < 1.29 is 8.81 Å². The molecular formula is C29H23FO2. The summed E-state index contributed by atoms with van der Waals surface area (Å²) in [5.41, 5.74) is 4.98. The fraction of sp³-hybridized carbons (Fsp3) is 0.138. The predicted molar refractivity (Wildman–Crippen MR) is 128 cm³/mol. The van der Waals surface area contributed by atoms with Crippen LogP contribution in [0, 0.1) is 5.82 Å². The van der Waals surface area contributed by atoms with Gasteiger partial charge in [0.2, 0.25) is 0 Å². The van der Waals surface area contributed by atoms with Gasteiger partial charge in [0.15, 0.2) is 0 Å². The lowest BCUT2D eigenvalue weighted by atomic mass is 9.84. The minimum absolute atomic E-state index is 0.189. The van der Waals surface area contributed by atoms with Gasteiger partial charge in [-0.25, -0.2) is 9.18 Å². The van der Waals surface area contributed by atoms with Crippen LogP contribution < -0.4 is 5.63 Å². The van der Waals surface area contributed by atoms with E-state index in [0.29, 0.717) is 0 Å². The highest BCUT2D eigenvalue weighted by Crippen LogP contribution is 2.38. The molecule has 0 amide bonds. The van der Waals surface area contributed by atoms with E-state index in [4.69, 9.17) is 0 Å². The van der Waals surface area contributed by atoms with Gasteiger partial charge in [0, 0.05) is 6.07 Å². The van der Waals surface area contributed by atoms with E-state index in [-0.39, 0.29) is 11.4 Å². The van der Waals surface area contributed by atoms with Crippen molar-refractivity contribution in [3.63, 3.8) is 0 Å². The molecule has 0 radical (unpaired) electrons. The molecule has 0 bridgehead atoms. The smallest absolute Gasteiger partial charge is 0.335 e. The molecule has 5 aromatic rings. The molecule has 3 heteroatoms. The molecule has 1 aromatic heterocycles. The summed E-state index contributed by atoms with van der Waals surface area (Å²) in [5.74, 6) is -0.189. The Morgan fingerprint density at radius 1 is 0.688 bits per heavy atom. The van der Waals surface area contributed by atoms with Crippen LogP contribution in [0.2, 0.25) is 0 Å². The average Bonchev–Trinajstić information content (AvgIpc) is 2.85. The van der Waals surface area contributed by atoms with Crippen LogP contribution in [0.3, 0.4) is 0 Å². The molecule has 6 rings (SSSR count). The van der Waals surface area contributed by atoms with Gasteiger partial charge in [-0.3, -0.25) is 0 Å². The Labute approximate surface area is 186 Å². The van der Waals surface area contributed by atoms with Gasteiger partial charge in [-0.2, -0.15) is 0 Å². The highest BCUT2D eigenvalue weighted by molar-refractivity contribution is 6.14. The predicted octanol–water partition coefficient (Wildman–Crippen LogP) is 7.32. The second kappa shape index (κ2) is 8.80. The summed E-state index contributed by atoms with van der Waals surface area (Å²) < 4.78 is 17.8. The fourth-order valence-electron chi connectivity index (χ4n) is 4.62. The van der Waals surface area contributed by atoms with Gasteiger partial charge in [-0.15, -0.1) is 0 Å². The van der Waals surface area contributed by atoms with Gasteiger partial charge < -0.3 is 4.42 Å². The summed E-state index contributed by atoms with van der Waals surface area (Å²) in [7, 11) is 0. The molecule has 0 saturated carbocycles. The van der Waals surface area contributed by atoms with Crippen LogP contribution in [0.4, 0.5) is 4.39 Å². The molecule has 0 spiro atoms. The van der Waals surface area contributed by atoms with Gasteiger partial charge in [0.05, 0.1) is 6.26 Å². The summed E-state index contributed by atoms with van der Waals surface area (Å²) in [4.78, 5) is 10.1. The molecule has 0 N–H and O–H groups in total. The number of rotatable bonds is 1. The summed E-state index contributed by atoms with van der Waals surface area (Å²) in [6, 6.07) is 27.0. The van der Waals surface area contributed by atoms with Crippen molar-refractivity contribution in [1.29, 1.82) is 0 Å². The van der Waals surface area contributed by atoms with E-state index in [1.54, 1.807) is 24.3 Å². The van der Waals surface area contributed by atoms with Gasteiger partial charge >= 0.3 is 5.63 Å². The minimum atomic E-state index is -0.303. The Balaban J connectivity index is 0.000000265. The van der Waals surface area contributed by atoms with Crippen molar-refractivity contribution in [2.45, 2.75) is 25.7 Å². The van der Waals surface area contributed by atoms with Crippen LogP contribution in [0.25, 0.3) is 32.7 Å². The first-order chi connectivity index (χ1) is 15.7. The van der Waals surface area contributed by atoms with E-state index in [0.717, 1.165) is 12.0 Å². The fourth-order valence-corrected chi connectivity index (χ4v) is 4.62. The van der Waals surface area contributed by atoms with Crippen LogP contribution in [-0.4, -0.2) is 0 Å². The van der Waals surface area contributed by atoms with E-state index in [9.17, 15) is 9.18 Å². The Morgan fingerprint density at radius 3 is 2.12 bits per heavy atom. The average molecular weight is 422 g/mol. The molecule has 1 aliphatic carbocycles. The van der Waals surface area contributed by atoms with Crippen LogP contribution >= 0.6 is 0 Å². The van der Waals surface area contributed by atoms with Crippen molar-refractivity contribution >= 4 is 21.5 Å². The first-order valence-electron chi connectivity index (χ1n) is 11.0. The Hall–Kier alpha value is -3.72. The number of fused-ring (bicyclic) bond motifs is 5. The number of hydrogen-bond acceptors (Lipinski definition) is 2. The molecule has 0 saturated heterocycles. The lowest BCUT2D eigenvalue weighted by molar-refractivity contribution is 0.511. The molecule has 1 aliphatic rings. The SMILES string of the molecule is Fc1ccc(-c2cc3c4c(ccc3c3ccccc23)CCCC4)cc1.O=c1cccco1. The molecular weight excluding hydrogens is 399 g/mol. The van der Waals surface area contributed by atoms with Gasteiger partial charge in [0.1, 0.15) is 5.82 Å². The normalized spacial score (nSPS) is 12.8. The summed E-state index contributed by atoms with van der Waals surface area (Å²) >= 11 is 0. The van der Waals surface area contributed by atoms with Crippen molar-refractivity contribution in [3.8, 4) is 11.1 Å². The van der Waals surface area contributed by atoms with Gasteiger partial charge in [-0.05, 0) is 93.7 Å². The largest absolute Gasteiger partial charge is 0.431 e. The maximum Gasteiger partial charge on any atom is 0.335 e. The Bertz CT molecular complexity index is 1430. The number of aryl methyl sites for hydroxylation is 2. The molecule has 4 aromatic carbocycles. The molecule has 0 aliphatic heterocycles. The molecule has 0 unspecified atom stereocenters. The van der Waals surface area contributed by atoms with Crippen molar-refractivity contribution in [3.05, 3.63) is 119 Å². The molecule has 0 fully saturated rings. The van der Waals surface area contributed by atoms with Crippen LogP contribution in [-0.2, 0) is 12.8 Å². The lowest BCUT2D eigenvalue weighted by Gasteiger charge is -2.20. The molecule has 158 valence electrons. The first kappa shape index (κ1) is 20.2. The van der Waals surface area contributed by atoms with E-state index in [1.807, 2.05) is 12.1 Å². The highest BCUT2D eigenvalue weighted by atomic mass is 19.1. The quantitative estimate of drug-likeness (QED) is 0.265. The maximum atomic E-state index is 13.4. The number of benzene rings is 4. The third-order valence-electron chi connectivity index (χ3n) is 6.13. The van der Waals surface area contributed by atoms with E-state index < -0.39 is 0 Å². The monoisotopic (exact) mass is 422 g/mol. The molecule has 2 nitrogen and oxygen atoms in total. The third-order valence-corrected chi connectivity index (χ3v) is 6.13. The summed E-state index contributed by atoms with van der Waals surface area (Å²) in [6.07, 6.45) is 6.25. The summed E-state index contributed by atoms with van der Waals surface area (Å²) in [6.45, 7) is 0. The third kappa shape index (κ3) is 3.94.